The number of anilines is 1. The monoisotopic (exact) mass is 544 g/mol. The Morgan fingerprint density at radius 2 is 1.87 bits per heavy atom. The summed E-state index contributed by atoms with van der Waals surface area (Å²) < 4.78 is 6.60. The summed E-state index contributed by atoms with van der Waals surface area (Å²) in [5.41, 5.74) is 3.99. The first-order chi connectivity index (χ1) is 18.2. The van der Waals surface area contributed by atoms with Gasteiger partial charge in [0.25, 0.3) is 5.78 Å². The quantitative estimate of drug-likeness (QED) is 0.170. The van der Waals surface area contributed by atoms with E-state index in [9.17, 15) is 14.7 Å². The van der Waals surface area contributed by atoms with E-state index < -0.39 is 17.7 Å². The number of aromatic nitrogens is 1. The van der Waals surface area contributed by atoms with Gasteiger partial charge in [-0.3, -0.25) is 14.5 Å². The fourth-order valence-electron chi connectivity index (χ4n) is 5.12. The number of aliphatic hydroxyl groups excluding tert-OH is 1. The van der Waals surface area contributed by atoms with Crippen LogP contribution in [0.1, 0.15) is 55.0 Å². The van der Waals surface area contributed by atoms with Crippen molar-refractivity contribution in [3.8, 4) is 5.75 Å². The van der Waals surface area contributed by atoms with Crippen LogP contribution in [0.25, 0.3) is 16.0 Å². The fourth-order valence-corrected chi connectivity index (χ4v) is 6.39. The minimum Gasteiger partial charge on any atom is -0.507 e. The summed E-state index contributed by atoms with van der Waals surface area (Å²) in [6, 6.07) is 17.6. The van der Waals surface area contributed by atoms with Crippen LogP contribution in [0.5, 0.6) is 5.75 Å². The Hall–Kier alpha value is -3.68. The van der Waals surface area contributed by atoms with Crippen LogP contribution in [-0.4, -0.2) is 27.9 Å². The first kappa shape index (κ1) is 24.6. The maximum Gasteiger partial charge on any atom is 0.301 e. The number of Topliss-reactive ketones (excluding diaryl/α,β-unsaturated/α-hetero) is 1. The Balaban J connectivity index is 1.53. The molecule has 3 heterocycles. The number of thiazole rings is 1. The lowest BCUT2D eigenvalue weighted by atomic mass is 9.93. The highest BCUT2D eigenvalue weighted by Gasteiger charge is 2.48. The van der Waals surface area contributed by atoms with E-state index in [0.717, 1.165) is 21.6 Å². The summed E-state index contributed by atoms with van der Waals surface area (Å²) in [6.07, 6.45) is 0.749. The molecule has 1 saturated heterocycles. The molecule has 0 aliphatic carbocycles. The molecule has 1 aromatic heterocycles. The third kappa shape index (κ3) is 4.06. The smallest absolute Gasteiger partial charge is 0.301 e. The first-order valence-electron chi connectivity index (χ1n) is 12.5. The summed E-state index contributed by atoms with van der Waals surface area (Å²) in [5.74, 6) is -0.602. The van der Waals surface area contributed by atoms with Crippen LogP contribution >= 0.6 is 22.9 Å². The van der Waals surface area contributed by atoms with Gasteiger partial charge in [0, 0.05) is 17.0 Å². The van der Waals surface area contributed by atoms with E-state index in [1.54, 1.807) is 30.3 Å². The molecule has 0 saturated carbocycles. The zero-order valence-corrected chi connectivity index (χ0v) is 22.6. The van der Waals surface area contributed by atoms with Gasteiger partial charge in [-0.05, 0) is 65.9 Å². The van der Waals surface area contributed by atoms with Crippen LogP contribution in [-0.2, 0) is 16.0 Å². The van der Waals surface area contributed by atoms with E-state index in [4.69, 9.17) is 16.3 Å². The molecule has 6 rings (SSSR count). The predicted octanol–water partition coefficient (Wildman–Crippen LogP) is 7.02. The Labute approximate surface area is 229 Å². The number of carbonyl (C=O) groups is 2. The third-order valence-electron chi connectivity index (χ3n) is 7.08. The number of aliphatic hydroxyl groups is 1. The minimum absolute atomic E-state index is 0.0384. The average Bonchev–Trinajstić information content (AvgIpc) is 3.55. The molecule has 1 amide bonds. The molecule has 2 aliphatic heterocycles. The van der Waals surface area contributed by atoms with Gasteiger partial charge in [0.2, 0.25) is 0 Å². The molecule has 1 fully saturated rings. The van der Waals surface area contributed by atoms with Gasteiger partial charge in [0.15, 0.2) is 5.13 Å². The van der Waals surface area contributed by atoms with Crippen molar-refractivity contribution >= 4 is 55.7 Å². The van der Waals surface area contributed by atoms with Gasteiger partial charge in [-0.1, -0.05) is 61.1 Å². The van der Waals surface area contributed by atoms with Crippen LogP contribution < -0.4 is 9.64 Å². The maximum absolute atomic E-state index is 13.5. The summed E-state index contributed by atoms with van der Waals surface area (Å²) in [5, 5.41) is 12.5. The molecular weight excluding hydrogens is 520 g/mol. The molecule has 0 bridgehead atoms. The van der Waals surface area contributed by atoms with Gasteiger partial charge in [0.05, 0.1) is 21.8 Å². The van der Waals surface area contributed by atoms with E-state index in [0.29, 0.717) is 39.1 Å². The molecule has 1 N–H and O–H groups in total. The first-order valence-corrected chi connectivity index (χ1v) is 13.7. The number of nitrogens with zero attached hydrogens (tertiary/aromatic N) is 2. The largest absolute Gasteiger partial charge is 0.507 e. The van der Waals surface area contributed by atoms with Crippen molar-refractivity contribution in [2.45, 2.75) is 45.3 Å². The highest BCUT2D eigenvalue weighted by molar-refractivity contribution is 7.22. The van der Waals surface area contributed by atoms with E-state index in [-0.39, 0.29) is 17.4 Å². The third-order valence-corrected chi connectivity index (χ3v) is 8.33. The standard InChI is InChI=1S/C30H25ClN2O4S/c1-15(2)17-4-6-18(7-5-17)26-25(27(34)19-8-11-23-20(13-19)12-16(3)37-23)28(35)29(36)33(26)30-32-22-10-9-21(31)14-24(22)38-30/h4-11,13-16,26,34H,12H2,1-3H3/b27-25+/t16-,26+/m1/s1. The molecule has 0 spiro atoms. The Kier molecular flexibility index (Phi) is 6.00. The highest BCUT2D eigenvalue weighted by Crippen LogP contribution is 2.45. The zero-order valence-electron chi connectivity index (χ0n) is 21.1. The number of carbonyl (C=O) groups excluding carboxylic acids is 2. The molecule has 0 unspecified atom stereocenters. The lowest BCUT2D eigenvalue weighted by Crippen LogP contribution is -2.29. The molecule has 0 radical (unpaired) electrons. The summed E-state index contributed by atoms with van der Waals surface area (Å²) >= 11 is 7.46. The zero-order chi connectivity index (χ0) is 26.7. The molecule has 3 aromatic carbocycles. The van der Waals surface area contributed by atoms with Crippen molar-refractivity contribution in [2.75, 3.05) is 4.90 Å². The maximum atomic E-state index is 13.5. The number of hydrogen-bond donors (Lipinski definition) is 1. The van der Waals surface area contributed by atoms with Crippen molar-refractivity contribution in [1.82, 2.24) is 4.98 Å². The van der Waals surface area contributed by atoms with Crippen molar-refractivity contribution < 1.29 is 19.4 Å². The van der Waals surface area contributed by atoms with Crippen LogP contribution in [0.15, 0.2) is 66.2 Å². The fraction of sp³-hybridized carbons (Fsp3) is 0.233. The number of fused-ring (bicyclic) bond motifs is 2. The lowest BCUT2D eigenvalue weighted by Gasteiger charge is -2.23. The molecule has 2 aliphatic rings. The van der Waals surface area contributed by atoms with Crippen LogP contribution in [0.4, 0.5) is 5.13 Å². The van der Waals surface area contributed by atoms with Crippen molar-refractivity contribution in [2.24, 2.45) is 0 Å². The number of halogens is 1. The summed E-state index contributed by atoms with van der Waals surface area (Å²) in [4.78, 5) is 33.1. The number of ether oxygens (including phenoxy) is 1. The Bertz CT molecular complexity index is 1640. The second kappa shape index (κ2) is 9.26. The molecule has 4 aromatic rings. The normalized spacial score (nSPS) is 20.4. The second-order valence-electron chi connectivity index (χ2n) is 10.1. The van der Waals surface area contributed by atoms with Gasteiger partial charge >= 0.3 is 5.91 Å². The SMILES string of the molecule is CC(C)c1ccc([C@H]2/C(=C(\O)c3ccc4c(c3)C[C@@H](C)O4)C(=O)C(=O)N2c2nc3ccc(Cl)cc3s2)cc1. The van der Waals surface area contributed by atoms with Gasteiger partial charge in [0.1, 0.15) is 17.6 Å². The number of hydrogen-bond acceptors (Lipinski definition) is 6. The number of amides is 1. The van der Waals surface area contributed by atoms with Crippen LogP contribution in [0.2, 0.25) is 5.02 Å². The van der Waals surface area contributed by atoms with Crippen molar-refractivity contribution in [3.05, 3.63) is 93.5 Å². The molecule has 2 atom stereocenters. The van der Waals surface area contributed by atoms with Gasteiger partial charge in [-0.15, -0.1) is 0 Å². The summed E-state index contributed by atoms with van der Waals surface area (Å²) in [6.45, 7) is 6.19. The number of rotatable bonds is 4. The topological polar surface area (TPSA) is 79.7 Å². The van der Waals surface area contributed by atoms with Gasteiger partial charge < -0.3 is 9.84 Å². The lowest BCUT2D eigenvalue weighted by molar-refractivity contribution is -0.132. The minimum atomic E-state index is -0.837. The van der Waals surface area contributed by atoms with Gasteiger partial charge in [-0.2, -0.15) is 0 Å². The van der Waals surface area contributed by atoms with E-state index >= 15 is 0 Å². The number of ketones is 1. The molecular formula is C30H25ClN2O4S. The van der Waals surface area contributed by atoms with Crippen LogP contribution in [0.3, 0.4) is 0 Å². The Morgan fingerprint density at radius 1 is 1.11 bits per heavy atom. The van der Waals surface area contributed by atoms with E-state index in [1.807, 2.05) is 37.3 Å². The molecule has 8 heteroatoms. The van der Waals surface area contributed by atoms with Crippen LogP contribution in [0, 0.1) is 0 Å². The van der Waals surface area contributed by atoms with Crippen molar-refractivity contribution in [3.63, 3.8) is 0 Å². The Morgan fingerprint density at radius 3 is 2.61 bits per heavy atom. The van der Waals surface area contributed by atoms with E-state index in [2.05, 4.69) is 18.8 Å². The van der Waals surface area contributed by atoms with Crippen molar-refractivity contribution in [1.29, 1.82) is 0 Å². The predicted molar refractivity (Wildman–Crippen MR) is 150 cm³/mol. The van der Waals surface area contributed by atoms with Gasteiger partial charge in [-0.25, -0.2) is 4.98 Å². The number of benzene rings is 3. The molecule has 38 heavy (non-hydrogen) atoms. The molecule has 192 valence electrons. The molecule has 6 nitrogen and oxygen atoms in total. The highest BCUT2D eigenvalue weighted by atomic mass is 35.5. The summed E-state index contributed by atoms with van der Waals surface area (Å²) in [7, 11) is 0. The second-order valence-corrected chi connectivity index (χ2v) is 11.5. The van der Waals surface area contributed by atoms with E-state index in [1.165, 1.54) is 16.2 Å². The average molecular weight is 545 g/mol.